The van der Waals surface area contributed by atoms with Crippen LogP contribution in [0, 0.1) is 0 Å². The Morgan fingerprint density at radius 1 is 1.35 bits per heavy atom. The first kappa shape index (κ1) is 16.8. The molecule has 0 fully saturated rings. The zero-order valence-electron chi connectivity index (χ0n) is 10.7. The molecule has 17 heavy (non-hydrogen) atoms. The normalized spacial score (nSPS) is 13.2. The average Bonchev–Trinajstić information content (AvgIpc) is 2.19. The number of carbonyl (C=O) groups excluding carboxylic acids is 2. The van der Waals surface area contributed by atoms with Crippen LogP contribution in [0.1, 0.15) is 33.6 Å². The third-order valence-corrected chi connectivity index (χ3v) is 2.55. The number of hydrogen-bond acceptors (Lipinski definition) is 4. The highest BCUT2D eigenvalue weighted by Crippen LogP contribution is 2.01. The molecule has 4 N–H and O–H groups in total. The molecule has 0 radical (unpaired) electrons. The highest BCUT2D eigenvalue weighted by molar-refractivity contribution is 14.1. The first-order valence-electron chi connectivity index (χ1n) is 5.70. The summed E-state index contributed by atoms with van der Waals surface area (Å²) in [5, 5.41) is 5.92. The summed E-state index contributed by atoms with van der Waals surface area (Å²) >= 11 is 1.75. The predicted octanol–water partition coefficient (Wildman–Crippen LogP) is 0.560. The van der Waals surface area contributed by atoms with Gasteiger partial charge < -0.3 is 16.4 Å². The maximum Gasteiger partial charge on any atom is 0.238 e. The second kappa shape index (κ2) is 7.99. The molecule has 0 rings (SSSR count). The van der Waals surface area contributed by atoms with Crippen LogP contribution in [-0.2, 0) is 9.59 Å². The Kier molecular flexibility index (Phi) is 7.89. The van der Waals surface area contributed by atoms with Gasteiger partial charge in [0.15, 0.2) is 3.79 Å². The topological polar surface area (TPSA) is 84.2 Å². The third kappa shape index (κ3) is 9.49. The van der Waals surface area contributed by atoms with E-state index in [4.69, 9.17) is 5.73 Å². The molecule has 100 valence electrons. The first-order valence-corrected chi connectivity index (χ1v) is 6.78. The number of amides is 1. The maximum atomic E-state index is 11.8. The van der Waals surface area contributed by atoms with Crippen LogP contribution in [0.4, 0.5) is 0 Å². The van der Waals surface area contributed by atoms with Gasteiger partial charge in [-0.25, -0.2) is 0 Å². The molecule has 0 aromatic rings. The Morgan fingerprint density at radius 3 is 2.35 bits per heavy atom. The minimum atomic E-state index is -0.384. The summed E-state index contributed by atoms with van der Waals surface area (Å²) in [4.78, 5) is 22.5. The van der Waals surface area contributed by atoms with E-state index in [0.717, 1.165) is 0 Å². The largest absolute Gasteiger partial charge is 0.355 e. The van der Waals surface area contributed by atoms with Gasteiger partial charge in [0.2, 0.25) is 5.91 Å². The lowest BCUT2D eigenvalue weighted by Crippen LogP contribution is -2.55. The zero-order chi connectivity index (χ0) is 13.5. The molecule has 0 aliphatic rings. The van der Waals surface area contributed by atoms with Crippen LogP contribution >= 0.6 is 22.6 Å². The van der Waals surface area contributed by atoms with E-state index in [0.29, 0.717) is 19.4 Å². The summed E-state index contributed by atoms with van der Waals surface area (Å²) in [5.74, 6) is -0.108. The van der Waals surface area contributed by atoms with E-state index in [1.165, 1.54) is 0 Å². The number of rotatable bonds is 7. The lowest BCUT2D eigenvalue weighted by atomic mass is 10.1. The van der Waals surface area contributed by atoms with Crippen LogP contribution in [0.5, 0.6) is 0 Å². The minimum absolute atomic E-state index is 0.108. The Hall–Kier alpha value is -0.210. The van der Waals surface area contributed by atoms with Gasteiger partial charge in [-0.1, -0.05) is 0 Å². The maximum absolute atomic E-state index is 11.8. The molecule has 6 heteroatoms. The lowest BCUT2D eigenvalue weighted by molar-refractivity contribution is -0.123. The average molecular weight is 355 g/mol. The Balaban J connectivity index is 3.97. The highest BCUT2D eigenvalue weighted by atomic mass is 127. The van der Waals surface area contributed by atoms with Crippen LogP contribution in [-0.4, -0.2) is 34.4 Å². The van der Waals surface area contributed by atoms with E-state index >= 15 is 0 Å². The van der Waals surface area contributed by atoms with Crippen LogP contribution in [0.15, 0.2) is 0 Å². The standard InChI is InChI=1S/C11H22IN3O2/c1-11(2,3)15-8(7-13)10(17)14-6-4-5-9(12)16/h8,15H,4-7,13H2,1-3H3,(H,14,17)/t8-/m0/s1. The zero-order valence-corrected chi connectivity index (χ0v) is 12.8. The fourth-order valence-corrected chi connectivity index (χ4v) is 1.70. The van der Waals surface area contributed by atoms with Gasteiger partial charge in [0.05, 0.1) is 6.04 Å². The molecular weight excluding hydrogens is 333 g/mol. The van der Waals surface area contributed by atoms with Gasteiger partial charge >= 0.3 is 0 Å². The molecule has 0 aromatic heterocycles. The smallest absolute Gasteiger partial charge is 0.238 e. The summed E-state index contributed by atoms with van der Waals surface area (Å²) in [6.07, 6.45) is 1.15. The lowest BCUT2D eigenvalue weighted by Gasteiger charge is -2.26. The minimum Gasteiger partial charge on any atom is -0.355 e. The summed E-state index contributed by atoms with van der Waals surface area (Å²) < 4.78 is 0.111. The fourth-order valence-electron chi connectivity index (χ4n) is 1.32. The number of halogens is 1. The molecule has 0 saturated carbocycles. The van der Waals surface area contributed by atoms with Gasteiger partial charge in [-0.2, -0.15) is 0 Å². The van der Waals surface area contributed by atoms with Gasteiger partial charge in [-0.15, -0.1) is 0 Å². The van der Waals surface area contributed by atoms with Crippen molar-refractivity contribution in [3.8, 4) is 0 Å². The van der Waals surface area contributed by atoms with E-state index in [1.807, 2.05) is 20.8 Å². The van der Waals surface area contributed by atoms with Crippen molar-refractivity contribution in [2.75, 3.05) is 13.1 Å². The Morgan fingerprint density at radius 2 is 1.94 bits per heavy atom. The predicted molar refractivity (Wildman–Crippen MR) is 77.0 cm³/mol. The summed E-state index contributed by atoms with van der Waals surface area (Å²) in [6.45, 7) is 6.72. The van der Waals surface area contributed by atoms with Crippen molar-refractivity contribution in [1.29, 1.82) is 0 Å². The Bertz CT molecular complexity index is 264. The molecule has 0 aliphatic carbocycles. The van der Waals surface area contributed by atoms with E-state index in [-0.39, 0.29) is 27.8 Å². The molecule has 1 atom stereocenters. The van der Waals surface area contributed by atoms with Crippen molar-refractivity contribution < 1.29 is 9.59 Å². The molecule has 0 aliphatic heterocycles. The van der Waals surface area contributed by atoms with Crippen LogP contribution in [0.3, 0.4) is 0 Å². The number of nitrogens with one attached hydrogen (secondary N) is 2. The molecule has 1 amide bonds. The van der Waals surface area contributed by atoms with Crippen molar-refractivity contribution in [3.63, 3.8) is 0 Å². The molecule has 0 unspecified atom stereocenters. The molecular formula is C11H22IN3O2. The van der Waals surface area contributed by atoms with Crippen LogP contribution < -0.4 is 16.4 Å². The van der Waals surface area contributed by atoms with Crippen molar-refractivity contribution in [2.24, 2.45) is 5.73 Å². The van der Waals surface area contributed by atoms with Crippen LogP contribution in [0.25, 0.3) is 0 Å². The highest BCUT2D eigenvalue weighted by Gasteiger charge is 2.21. The first-order chi connectivity index (χ1) is 7.76. The molecule has 0 bridgehead atoms. The van der Waals surface area contributed by atoms with Gasteiger partial charge in [0, 0.05) is 25.0 Å². The third-order valence-electron chi connectivity index (χ3n) is 2.01. The molecule has 0 spiro atoms. The molecule has 5 nitrogen and oxygen atoms in total. The molecule has 0 aromatic carbocycles. The number of carbonyl (C=O) groups is 2. The van der Waals surface area contributed by atoms with E-state index in [2.05, 4.69) is 10.6 Å². The quantitative estimate of drug-likeness (QED) is 0.354. The van der Waals surface area contributed by atoms with Gasteiger partial charge in [-0.05, 0) is 49.8 Å². The van der Waals surface area contributed by atoms with Gasteiger partial charge in [-0.3, -0.25) is 9.59 Å². The summed E-state index contributed by atoms with van der Waals surface area (Å²) in [6, 6.07) is -0.384. The van der Waals surface area contributed by atoms with Gasteiger partial charge in [0.25, 0.3) is 0 Å². The number of nitrogens with two attached hydrogens (primary N) is 1. The fraction of sp³-hybridized carbons (Fsp3) is 0.818. The number of hydrogen-bond donors (Lipinski definition) is 3. The summed E-state index contributed by atoms with van der Waals surface area (Å²) in [7, 11) is 0. The van der Waals surface area contributed by atoms with Crippen LogP contribution in [0.2, 0.25) is 0 Å². The summed E-state index contributed by atoms with van der Waals surface area (Å²) in [5.41, 5.74) is 5.40. The molecule has 0 saturated heterocycles. The van der Waals surface area contributed by atoms with E-state index in [1.54, 1.807) is 22.6 Å². The van der Waals surface area contributed by atoms with E-state index in [9.17, 15) is 9.59 Å². The van der Waals surface area contributed by atoms with E-state index < -0.39 is 0 Å². The molecule has 0 heterocycles. The van der Waals surface area contributed by atoms with Crippen molar-refractivity contribution >= 4 is 32.3 Å². The second-order valence-corrected chi connectivity index (χ2v) is 6.14. The SMILES string of the molecule is CC(C)(C)N[C@@H](CN)C(=O)NCCCC(=O)I. The van der Waals surface area contributed by atoms with Crippen molar-refractivity contribution in [3.05, 3.63) is 0 Å². The second-order valence-electron chi connectivity index (χ2n) is 4.93. The Labute approximate surface area is 116 Å². The van der Waals surface area contributed by atoms with Crippen molar-refractivity contribution in [1.82, 2.24) is 10.6 Å². The van der Waals surface area contributed by atoms with Crippen molar-refractivity contribution in [2.45, 2.75) is 45.2 Å². The monoisotopic (exact) mass is 355 g/mol. The van der Waals surface area contributed by atoms with Gasteiger partial charge in [0.1, 0.15) is 0 Å².